The van der Waals surface area contributed by atoms with Crippen LogP contribution in [0.5, 0.6) is 0 Å². The predicted molar refractivity (Wildman–Crippen MR) is 381 cm³/mol. The Labute approximate surface area is 592 Å². The Kier molecular flexibility index (Phi) is 25.1. The van der Waals surface area contributed by atoms with Crippen molar-refractivity contribution in [2.45, 2.75) is 71.6 Å². The summed E-state index contributed by atoms with van der Waals surface area (Å²) in [6.45, 7) is 8.39. The summed E-state index contributed by atoms with van der Waals surface area (Å²) in [7, 11) is 0.628. The molecule has 91 heavy (non-hydrogen) atoms. The summed E-state index contributed by atoms with van der Waals surface area (Å²) in [6.07, 6.45) is 14.5. The Hall–Kier alpha value is -6.63. The fourth-order valence-electron chi connectivity index (χ4n) is 11.9. The number of hydrogen-bond acceptors (Lipinski definition) is 4. The molecule has 0 bridgehead atoms. The van der Waals surface area contributed by atoms with Crippen LogP contribution in [0.3, 0.4) is 0 Å². The van der Waals surface area contributed by atoms with Gasteiger partial charge in [0.2, 0.25) is 0 Å². The number of pyridine rings is 4. The molecule has 0 atom stereocenters. The van der Waals surface area contributed by atoms with E-state index in [0.29, 0.717) is 15.0 Å². The number of unbranched alkanes of at least 4 members (excludes halogenated alkanes) is 3. The van der Waals surface area contributed by atoms with Gasteiger partial charge in [-0.1, -0.05) is 171 Å². The number of halogens is 3. The summed E-state index contributed by atoms with van der Waals surface area (Å²) in [6, 6.07) is 90.4. The van der Waals surface area contributed by atoms with Crippen molar-refractivity contribution >= 4 is 61.5 Å². The Morgan fingerprint density at radius 3 is 1.57 bits per heavy atom. The Morgan fingerprint density at radius 2 is 0.967 bits per heavy atom. The van der Waals surface area contributed by atoms with Gasteiger partial charge in [0.15, 0.2) is 0 Å². The second-order valence-corrected chi connectivity index (χ2v) is 34.5. The van der Waals surface area contributed by atoms with E-state index in [1.165, 1.54) is 92.8 Å². The van der Waals surface area contributed by atoms with E-state index in [-0.39, 0.29) is 51.4 Å². The molecule has 9 aromatic carbocycles. The zero-order chi connectivity index (χ0) is 61.5. The van der Waals surface area contributed by atoms with Crippen molar-refractivity contribution in [1.82, 2.24) is 19.9 Å². The summed E-state index contributed by atoms with van der Waals surface area (Å²) in [4.78, 5) is 18.0. The molecule has 1 aliphatic carbocycles. The van der Waals surface area contributed by atoms with Crippen LogP contribution in [-0.4, -0.2) is 19.9 Å². The van der Waals surface area contributed by atoms with Gasteiger partial charge in [0, 0.05) is 70.8 Å². The van der Waals surface area contributed by atoms with Crippen molar-refractivity contribution < 1.29 is 54.1 Å². The van der Waals surface area contributed by atoms with Gasteiger partial charge in [-0.05, 0) is 152 Å². The molecular formula is C81H65FI2Ir2N4V-4. The maximum Gasteiger partial charge on any atom is 0.0167 e. The second-order valence-electron chi connectivity index (χ2n) is 22.7. The Bertz CT molecular complexity index is 4500. The third-order valence-corrected chi connectivity index (χ3v) is 16.4. The average molecular weight is 1800 g/mol. The van der Waals surface area contributed by atoms with Crippen LogP contribution in [-0.2, 0) is 67.9 Å². The normalized spacial score (nSPS) is 11.4. The number of rotatable bonds is 13. The van der Waals surface area contributed by atoms with Gasteiger partial charge in [0.1, 0.15) is 0 Å². The molecule has 10 heteroatoms. The Morgan fingerprint density at radius 1 is 0.451 bits per heavy atom. The molecule has 0 N–H and O–H groups in total. The molecular weight excluding hydrogens is 1740 g/mol. The maximum absolute atomic E-state index is 14.4. The standard InChI is InChI=1S/C44H36N2.C19H16N.C18H13FN.2HI.2Ir.V/c1(3-11-33-20-24-35(25-21-33)38-14-9-16-40(31-38)43-19-7-8-29-45-43)2-4-12-34-22-26-36(27-23-34)39-15-10-17-41(32-39)44-42-18-6-5-13-37(42)28-30-46-44;1-14-9-10-15(2)18(12-14)16-6-5-7-17(13-16)19-8-3-4-11-20-19;1-18(2)13-7-3-5-11-9-10-20-17(15(11)13)12-6-4-8-14(19)16(12)18;;;;;/h5-10,13-15,18-32H,1-4,11-12H2;3-6,8-13H,1-2H3;3-5,7-10H,1-2H3;2*1H;;;/q-2;2*-1;;;;;+2/p-2. The number of nitrogens with zero attached hydrogens (tertiary/aromatic N) is 4. The predicted octanol–water partition coefficient (Wildman–Crippen LogP) is 22.3. The van der Waals surface area contributed by atoms with Crippen molar-refractivity contribution in [2.75, 3.05) is 0 Å². The zero-order valence-corrected chi connectivity index (χ0v) is 61.5. The first kappa shape index (κ1) is 68.7. The van der Waals surface area contributed by atoms with Crippen LogP contribution in [0, 0.1) is 43.9 Å². The molecule has 2 radical (unpaired) electrons. The fraction of sp³-hybridized carbons (Fsp3) is 0.136. The van der Waals surface area contributed by atoms with Gasteiger partial charge >= 0.3 is 49.4 Å². The Balaban J connectivity index is 0.000000179. The number of fused-ring (bicyclic) bond motifs is 3. The van der Waals surface area contributed by atoms with Crippen LogP contribution in [0.2, 0.25) is 0 Å². The third-order valence-electron chi connectivity index (χ3n) is 16.4. The monoisotopic (exact) mass is 1800 g/mol. The summed E-state index contributed by atoms with van der Waals surface area (Å²) in [5, 5.41) is 4.62. The molecule has 0 fully saturated rings. The number of aromatic nitrogens is 4. The van der Waals surface area contributed by atoms with Gasteiger partial charge in [0.25, 0.3) is 0 Å². The van der Waals surface area contributed by atoms with E-state index in [0.717, 1.165) is 79.6 Å². The van der Waals surface area contributed by atoms with Crippen molar-refractivity contribution in [3.63, 3.8) is 0 Å². The molecule has 4 heterocycles. The molecule has 13 aromatic rings. The SMILES string of the molecule is CC1(C)c2c([c-]ccc2F)-c2nccc3cccc1c23.Cc1ccc(C)c(-c2cc[c-]c(-c3ccccn3)c2)c1.[I][V][I].[Ir].[Ir].[c-]1ccc(-c2ccc(CCCCCCc3ccc(-c4cc[c-]c(-c5nccc6ccccc56)c4)cc3)cc2)cc1-c1ccccn1. The van der Waals surface area contributed by atoms with Crippen LogP contribution in [0.1, 0.15) is 72.9 Å². The van der Waals surface area contributed by atoms with Crippen LogP contribution in [0.25, 0.3) is 100.0 Å². The minimum atomic E-state index is -0.382. The van der Waals surface area contributed by atoms with E-state index < -0.39 is 0 Å². The van der Waals surface area contributed by atoms with E-state index in [1.807, 2.05) is 85.3 Å². The number of benzene rings is 9. The minimum absolute atomic E-state index is 0. The quantitative estimate of drug-likeness (QED) is 0.0656. The van der Waals surface area contributed by atoms with E-state index >= 15 is 0 Å². The first-order chi connectivity index (χ1) is 43.6. The molecule has 0 amide bonds. The minimum Gasteiger partial charge on any atom is -0.305 e. The summed E-state index contributed by atoms with van der Waals surface area (Å²) >= 11 is 4.74. The van der Waals surface area contributed by atoms with E-state index in [2.05, 4.69) is 252 Å². The molecule has 0 saturated heterocycles. The molecule has 457 valence electrons. The zero-order valence-electron chi connectivity index (χ0n) is 51.0. The van der Waals surface area contributed by atoms with Crippen LogP contribution in [0.4, 0.5) is 4.39 Å². The molecule has 14 rings (SSSR count). The topological polar surface area (TPSA) is 51.6 Å². The largest absolute Gasteiger partial charge is 0.305 e. The van der Waals surface area contributed by atoms with Gasteiger partial charge in [0.05, 0.1) is 0 Å². The molecule has 0 saturated carbocycles. The van der Waals surface area contributed by atoms with Crippen molar-refractivity contribution in [3.8, 4) is 78.4 Å². The number of hydrogen-bond donors (Lipinski definition) is 0. The number of aryl methyl sites for hydroxylation is 4. The van der Waals surface area contributed by atoms with Crippen LogP contribution >= 0.6 is 40.0 Å². The van der Waals surface area contributed by atoms with Gasteiger partial charge in [-0.25, -0.2) is 4.39 Å². The molecule has 0 unspecified atom stereocenters. The second kappa shape index (κ2) is 33.3. The molecule has 1 aliphatic rings. The maximum atomic E-state index is 14.4. The fourth-order valence-corrected chi connectivity index (χ4v) is 11.9. The van der Waals surface area contributed by atoms with Crippen LogP contribution in [0.15, 0.2) is 249 Å². The first-order valence-corrected chi connectivity index (χ1v) is 39.1. The molecule has 4 nitrogen and oxygen atoms in total. The average Bonchev–Trinajstić information content (AvgIpc) is 0.727. The van der Waals surface area contributed by atoms with Crippen molar-refractivity contribution in [1.29, 1.82) is 0 Å². The van der Waals surface area contributed by atoms with Crippen molar-refractivity contribution in [2.24, 2.45) is 0 Å². The summed E-state index contributed by atoms with van der Waals surface area (Å²) < 4.78 is 14.4. The van der Waals surface area contributed by atoms with E-state index in [1.54, 1.807) is 12.3 Å². The van der Waals surface area contributed by atoms with Gasteiger partial charge in [-0.15, -0.1) is 130 Å². The van der Waals surface area contributed by atoms with E-state index in [4.69, 9.17) is 4.98 Å². The third kappa shape index (κ3) is 17.0. The first-order valence-electron chi connectivity index (χ1n) is 30.1. The van der Waals surface area contributed by atoms with Gasteiger partial charge in [-0.2, -0.15) is 0 Å². The van der Waals surface area contributed by atoms with E-state index in [9.17, 15) is 4.39 Å². The van der Waals surface area contributed by atoms with Crippen LogP contribution < -0.4 is 0 Å². The van der Waals surface area contributed by atoms with Gasteiger partial charge < -0.3 is 19.9 Å². The molecule has 0 aliphatic heterocycles. The summed E-state index contributed by atoms with van der Waals surface area (Å²) in [5.74, 6) is -0.183. The smallest absolute Gasteiger partial charge is 0.0167 e. The summed E-state index contributed by atoms with van der Waals surface area (Å²) in [5.41, 5.74) is 21.8. The van der Waals surface area contributed by atoms with Gasteiger partial charge in [-0.3, -0.25) is 0 Å². The van der Waals surface area contributed by atoms with Crippen molar-refractivity contribution in [3.05, 3.63) is 313 Å². The molecule has 4 aromatic heterocycles. The molecule has 0 spiro atoms.